The van der Waals surface area contributed by atoms with Crippen molar-refractivity contribution in [3.63, 3.8) is 0 Å². The highest BCUT2D eigenvalue weighted by Gasteiger charge is 2.54. The smallest absolute Gasteiger partial charge is 0.258 e. The van der Waals surface area contributed by atoms with Crippen molar-refractivity contribution in [3.8, 4) is 0 Å². The number of halogens is 2. The number of hydrogen-bond donors (Lipinski definition) is 0. The molecule has 14 heavy (non-hydrogen) atoms. The van der Waals surface area contributed by atoms with Crippen LogP contribution < -0.4 is 0 Å². The third-order valence-corrected chi connectivity index (χ3v) is 3.25. The summed E-state index contributed by atoms with van der Waals surface area (Å²) in [5, 5.41) is 0. The van der Waals surface area contributed by atoms with Gasteiger partial charge in [0.1, 0.15) is 0 Å². The molecule has 1 heterocycles. The van der Waals surface area contributed by atoms with E-state index < -0.39 is 11.3 Å². The Labute approximate surface area is 84.2 Å². The molecule has 1 saturated heterocycles. The first-order chi connectivity index (χ1) is 6.47. The van der Waals surface area contributed by atoms with Gasteiger partial charge >= 0.3 is 0 Å². The first-order valence-electron chi connectivity index (χ1n) is 5.03. The number of alkyl halides is 2. The van der Waals surface area contributed by atoms with Gasteiger partial charge in [-0.15, -0.1) is 0 Å². The molecule has 1 aliphatic heterocycles. The standard InChI is InChI=1S/C10H19F2NO/c1-4-9(8-14-3)7-13(2)6-5-10(9,11)12/h4-8H2,1-3H3. The largest absolute Gasteiger partial charge is 0.384 e. The molecule has 1 atom stereocenters. The minimum absolute atomic E-state index is 0.0549. The summed E-state index contributed by atoms with van der Waals surface area (Å²) in [6.45, 7) is 2.84. The molecule has 0 spiro atoms. The molecule has 2 nitrogen and oxygen atoms in total. The highest BCUT2D eigenvalue weighted by molar-refractivity contribution is 4.97. The molecule has 1 fully saturated rings. The fourth-order valence-corrected chi connectivity index (χ4v) is 2.21. The third-order valence-electron chi connectivity index (χ3n) is 3.25. The highest BCUT2D eigenvalue weighted by atomic mass is 19.3. The molecule has 0 saturated carbocycles. The summed E-state index contributed by atoms with van der Waals surface area (Å²) in [5.74, 6) is -2.59. The number of ether oxygens (including phenoxy) is 1. The second-order valence-electron chi connectivity index (χ2n) is 4.26. The van der Waals surface area contributed by atoms with Crippen LogP contribution in [0.2, 0.25) is 0 Å². The van der Waals surface area contributed by atoms with Crippen molar-refractivity contribution in [1.29, 1.82) is 0 Å². The summed E-state index contributed by atoms with van der Waals surface area (Å²) in [4.78, 5) is 1.96. The topological polar surface area (TPSA) is 12.5 Å². The normalized spacial score (nSPS) is 33.2. The van der Waals surface area contributed by atoms with Crippen molar-refractivity contribution in [2.75, 3.05) is 33.9 Å². The molecule has 0 aromatic carbocycles. The van der Waals surface area contributed by atoms with E-state index in [0.717, 1.165) is 0 Å². The quantitative estimate of drug-likeness (QED) is 0.702. The number of piperidine rings is 1. The van der Waals surface area contributed by atoms with Gasteiger partial charge in [0.2, 0.25) is 0 Å². The van der Waals surface area contributed by atoms with Crippen LogP contribution in [-0.2, 0) is 4.74 Å². The van der Waals surface area contributed by atoms with E-state index >= 15 is 0 Å². The van der Waals surface area contributed by atoms with Gasteiger partial charge in [0.25, 0.3) is 5.92 Å². The maximum absolute atomic E-state index is 13.8. The van der Waals surface area contributed by atoms with Gasteiger partial charge in [-0.3, -0.25) is 0 Å². The molecule has 0 radical (unpaired) electrons. The monoisotopic (exact) mass is 207 g/mol. The lowest BCUT2D eigenvalue weighted by Crippen LogP contribution is -2.56. The van der Waals surface area contributed by atoms with Gasteiger partial charge in [0.05, 0.1) is 12.0 Å². The average molecular weight is 207 g/mol. The van der Waals surface area contributed by atoms with E-state index in [9.17, 15) is 8.78 Å². The summed E-state index contributed by atoms with van der Waals surface area (Å²) < 4.78 is 32.5. The Balaban J connectivity index is 2.86. The molecule has 4 heteroatoms. The van der Waals surface area contributed by atoms with Gasteiger partial charge < -0.3 is 9.64 Å². The van der Waals surface area contributed by atoms with Crippen LogP contribution in [0.3, 0.4) is 0 Å². The second-order valence-corrected chi connectivity index (χ2v) is 4.26. The van der Waals surface area contributed by atoms with Crippen LogP contribution in [0.15, 0.2) is 0 Å². The average Bonchev–Trinajstić information content (AvgIpc) is 2.12. The van der Waals surface area contributed by atoms with Gasteiger partial charge in [0, 0.05) is 26.6 Å². The fourth-order valence-electron chi connectivity index (χ4n) is 2.21. The zero-order valence-electron chi connectivity index (χ0n) is 9.15. The molecule has 84 valence electrons. The SMILES string of the molecule is CCC1(COC)CN(C)CCC1(F)F. The van der Waals surface area contributed by atoms with Gasteiger partial charge in [-0.05, 0) is 13.5 Å². The molecule has 1 rings (SSSR count). The lowest BCUT2D eigenvalue weighted by molar-refractivity contribution is -0.186. The highest BCUT2D eigenvalue weighted by Crippen LogP contribution is 2.45. The lowest BCUT2D eigenvalue weighted by Gasteiger charge is -2.46. The molecule has 0 aliphatic carbocycles. The molecule has 0 N–H and O–H groups in total. The number of nitrogens with zero attached hydrogens (tertiary/aromatic N) is 1. The number of methoxy groups -OCH3 is 1. The zero-order chi connectivity index (χ0) is 10.8. The second kappa shape index (κ2) is 4.11. The first-order valence-corrected chi connectivity index (χ1v) is 5.03. The summed E-state index contributed by atoms with van der Waals surface area (Å²) in [6.07, 6.45) is 0.402. The van der Waals surface area contributed by atoms with Crippen LogP contribution in [0.5, 0.6) is 0 Å². The van der Waals surface area contributed by atoms with Crippen LogP contribution in [0.4, 0.5) is 8.78 Å². The Bertz CT molecular complexity index is 199. The molecular formula is C10H19F2NO. The Morgan fingerprint density at radius 1 is 1.43 bits per heavy atom. The lowest BCUT2D eigenvalue weighted by atomic mass is 9.75. The molecule has 0 amide bonds. The van der Waals surface area contributed by atoms with Crippen LogP contribution in [-0.4, -0.2) is 44.7 Å². The van der Waals surface area contributed by atoms with E-state index in [2.05, 4.69) is 0 Å². The third kappa shape index (κ3) is 1.91. The van der Waals surface area contributed by atoms with Crippen LogP contribution in [0.1, 0.15) is 19.8 Å². The van der Waals surface area contributed by atoms with Gasteiger partial charge in [-0.1, -0.05) is 6.92 Å². The molecule has 0 bridgehead atoms. The number of likely N-dealkylation sites (tertiary alicyclic amines) is 1. The summed E-state index contributed by atoms with van der Waals surface area (Å²) in [7, 11) is 3.37. The van der Waals surface area contributed by atoms with Gasteiger partial charge in [-0.2, -0.15) is 0 Å². The van der Waals surface area contributed by atoms with Gasteiger partial charge in [0.15, 0.2) is 0 Å². The number of hydrogen-bond acceptors (Lipinski definition) is 2. The summed E-state index contributed by atoms with van der Waals surface area (Å²) >= 11 is 0. The maximum atomic E-state index is 13.8. The minimum atomic E-state index is -2.59. The van der Waals surface area contributed by atoms with Crippen LogP contribution >= 0.6 is 0 Å². The van der Waals surface area contributed by atoms with E-state index in [4.69, 9.17) is 4.74 Å². The van der Waals surface area contributed by atoms with E-state index in [1.54, 1.807) is 0 Å². The molecule has 1 aliphatic rings. The van der Waals surface area contributed by atoms with Gasteiger partial charge in [-0.25, -0.2) is 8.78 Å². The Hall–Kier alpha value is -0.220. The van der Waals surface area contributed by atoms with Crippen LogP contribution in [0, 0.1) is 5.41 Å². The molecule has 0 aromatic heterocycles. The number of rotatable bonds is 3. The molecule has 1 unspecified atom stereocenters. The predicted octanol–water partition coefficient (Wildman–Crippen LogP) is 2.00. The van der Waals surface area contributed by atoms with E-state index in [1.165, 1.54) is 7.11 Å². The minimum Gasteiger partial charge on any atom is -0.384 e. The van der Waals surface area contributed by atoms with Crippen molar-refractivity contribution < 1.29 is 13.5 Å². The molecular weight excluding hydrogens is 188 g/mol. The maximum Gasteiger partial charge on any atom is 0.258 e. The predicted molar refractivity (Wildman–Crippen MR) is 51.7 cm³/mol. The Morgan fingerprint density at radius 2 is 2.07 bits per heavy atom. The summed E-state index contributed by atoms with van der Waals surface area (Å²) in [6, 6.07) is 0. The van der Waals surface area contributed by atoms with Crippen molar-refractivity contribution in [1.82, 2.24) is 4.90 Å². The Kier molecular flexibility index (Phi) is 3.48. The first kappa shape index (κ1) is 11.9. The summed E-state index contributed by atoms with van der Waals surface area (Å²) in [5.41, 5.74) is -0.991. The van der Waals surface area contributed by atoms with Crippen molar-refractivity contribution in [3.05, 3.63) is 0 Å². The van der Waals surface area contributed by atoms with Crippen LogP contribution in [0.25, 0.3) is 0 Å². The zero-order valence-corrected chi connectivity index (χ0v) is 9.15. The van der Waals surface area contributed by atoms with E-state index in [1.807, 2.05) is 18.9 Å². The van der Waals surface area contributed by atoms with E-state index in [0.29, 0.717) is 19.5 Å². The van der Waals surface area contributed by atoms with Crippen molar-refractivity contribution >= 4 is 0 Å². The fraction of sp³-hybridized carbons (Fsp3) is 1.00. The van der Waals surface area contributed by atoms with Crippen molar-refractivity contribution in [2.24, 2.45) is 5.41 Å². The van der Waals surface area contributed by atoms with E-state index in [-0.39, 0.29) is 13.0 Å². The Morgan fingerprint density at radius 3 is 2.57 bits per heavy atom. The molecule has 0 aromatic rings. The van der Waals surface area contributed by atoms with Crippen molar-refractivity contribution in [2.45, 2.75) is 25.7 Å².